The van der Waals surface area contributed by atoms with Crippen LogP contribution < -0.4 is 4.78 Å². The summed E-state index contributed by atoms with van der Waals surface area (Å²) in [5.74, 6) is 0.881. The number of aromatic nitrogens is 2. The van der Waals surface area contributed by atoms with E-state index in [2.05, 4.69) is 4.98 Å². The first-order valence-electron chi connectivity index (χ1n) is 6.79. The molecule has 7 heteroatoms. The van der Waals surface area contributed by atoms with Crippen LogP contribution in [0.3, 0.4) is 0 Å². The van der Waals surface area contributed by atoms with Crippen molar-refractivity contribution in [2.75, 3.05) is 0 Å². The lowest BCUT2D eigenvalue weighted by molar-refractivity contribution is -0.0981. The lowest BCUT2D eigenvalue weighted by atomic mass is 9.82. The number of imidazole rings is 1. The number of aliphatic hydroxyl groups is 1. The molecule has 21 heavy (non-hydrogen) atoms. The van der Waals surface area contributed by atoms with Crippen LogP contribution in [0.15, 0.2) is 23.8 Å². The molecular weight excluding hydrogens is 287 g/mol. The van der Waals surface area contributed by atoms with Gasteiger partial charge in [0.2, 0.25) is 0 Å². The molecule has 2 rings (SSSR count). The van der Waals surface area contributed by atoms with E-state index in [1.165, 1.54) is 11.3 Å². The molecule has 0 aliphatic rings. The van der Waals surface area contributed by atoms with Crippen molar-refractivity contribution in [3.8, 4) is 5.69 Å². The van der Waals surface area contributed by atoms with Gasteiger partial charge in [-0.05, 0) is 40.7 Å². The van der Waals surface area contributed by atoms with Gasteiger partial charge in [-0.15, -0.1) is 0 Å². The highest BCUT2D eigenvalue weighted by Gasteiger charge is 2.39. The van der Waals surface area contributed by atoms with Gasteiger partial charge in [-0.1, -0.05) is 0 Å². The third-order valence-corrected chi connectivity index (χ3v) is 4.78. The molecule has 0 bridgehead atoms. The molecule has 0 fully saturated rings. The van der Waals surface area contributed by atoms with Crippen LogP contribution in [0.2, 0.25) is 0 Å². The van der Waals surface area contributed by atoms with Gasteiger partial charge in [0.1, 0.15) is 5.82 Å². The molecule has 0 aliphatic carbocycles. The Bertz CT molecular complexity index is 616. The Morgan fingerprint density at radius 1 is 1.33 bits per heavy atom. The molecule has 2 N–H and O–H groups in total. The average Bonchev–Trinajstić information content (AvgIpc) is 2.94. The summed E-state index contributed by atoms with van der Waals surface area (Å²) in [7, 11) is -1.07. The highest BCUT2D eigenvalue weighted by molar-refractivity contribution is 7.20. The van der Waals surface area contributed by atoms with E-state index in [-0.39, 0.29) is 0 Å². The molecule has 0 atom stereocenters. The largest absolute Gasteiger partial charge is 0.502 e. The minimum Gasteiger partial charge on any atom is -0.423 e. The zero-order valence-electron chi connectivity index (χ0n) is 13.0. The van der Waals surface area contributed by atoms with E-state index in [9.17, 15) is 10.1 Å². The molecule has 0 spiro atoms. The maximum Gasteiger partial charge on any atom is 0.502 e. The molecule has 0 amide bonds. The molecule has 2 aromatic heterocycles. The smallest absolute Gasteiger partial charge is 0.423 e. The predicted molar refractivity (Wildman–Crippen MR) is 85.2 cm³/mol. The lowest BCUT2D eigenvalue weighted by Gasteiger charge is -2.38. The van der Waals surface area contributed by atoms with Crippen molar-refractivity contribution in [2.24, 2.45) is 0 Å². The normalized spacial score (nSPS) is 12.7. The van der Waals surface area contributed by atoms with Gasteiger partial charge in [-0.25, -0.2) is 4.98 Å². The molecule has 2 heterocycles. The van der Waals surface area contributed by atoms with Gasteiger partial charge in [0.15, 0.2) is 0 Å². The van der Waals surface area contributed by atoms with E-state index in [0.29, 0.717) is 4.78 Å². The van der Waals surface area contributed by atoms with Gasteiger partial charge < -0.3 is 19.4 Å². The monoisotopic (exact) mass is 308 g/mol. The zero-order valence-corrected chi connectivity index (χ0v) is 13.8. The van der Waals surface area contributed by atoms with Crippen molar-refractivity contribution in [3.05, 3.63) is 29.7 Å². The summed E-state index contributed by atoms with van der Waals surface area (Å²) in [4.78, 5) is 4.18. The van der Waals surface area contributed by atoms with Crippen molar-refractivity contribution >= 4 is 23.2 Å². The Morgan fingerprint density at radius 3 is 2.52 bits per heavy atom. The lowest BCUT2D eigenvalue weighted by Crippen LogP contribution is -2.52. The number of aryl methyl sites for hydroxylation is 1. The van der Waals surface area contributed by atoms with Crippen molar-refractivity contribution in [2.45, 2.75) is 45.8 Å². The van der Waals surface area contributed by atoms with E-state index in [4.69, 9.17) is 4.65 Å². The van der Waals surface area contributed by atoms with E-state index >= 15 is 0 Å². The predicted octanol–water partition coefficient (Wildman–Crippen LogP) is 1.50. The van der Waals surface area contributed by atoms with Crippen LogP contribution in [0, 0.1) is 6.92 Å². The van der Waals surface area contributed by atoms with E-state index in [0.717, 1.165) is 11.5 Å². The number of thiophene rings is 1. The molecule has 0 radical (unpaired) electrons. The quantitative estimate of drug-likeness (QED) is 0.821. The van der Waals surface area contributed by atoms with Crippen LogP contribution in [-0.4, -0.2) is 38.0 Å². The van der Waals surface area contributed by atoms with Crippen molar-refractivity contribution in [3.63, 3.8) is 0 Å². The first-order valence-corrected chi connectivity index (χ1v) is 7.67. The Balaban J connectivity index is 2.17. The van der Waals surface area contributed by atoms with E-state index in [1.807, 2.05) is 29.1 Å². The molecule has 114 valence electrons. The highest BCUT2D eigenvalue weighted by atomic mass is 32.1. The van der Waals surface area contributed by atoms with Crippen LogP contribution in [0.4, 0.5) is 0 Å². The number of nitrogens with zero attached hydrogens (tertiary/aromatic N) is 2. The molecule has 0 aromatic carbocycles. The Labute approximate surface area is 129 Å². The second kappa shape index (κ2) is 5.57. The number of rotatable bonds is 5. The van der Waals surface area contributed by atoms with E-state index in [1.54, 1.807) is 33.9 Å². The minimum atomic E-state index is -1.07. The van der Waals surface area contributed by atoms with Gasteiger partial charge >= 0.3 is 7.12 Å². The van der Waals surface area contributed by atoms with Crippen LogP contribution >= 0.6 is 11.3 Å². The SMILES string of the molecule is Cc1nccn1-c1csc(B(O)OC(C)(C)C(C)(C)O)c1. The fourth-order valence-electron chi connectivity index (χ4n) is 1.73. The topological polar surface area (TPSA) is 67.5 Å². The molecule has 2 aromatic rings. The first kappa shape index (κ1) is 16.2. The molecule has 0 saturated carbocycles. The summed E-state index contributed by atoms with van der Waals surface area (Å²) >= 11 is 1.41. The first-order chi connectivity index (χ1) is 9.62. The Morgan fingerprint density at radius 2 is 2.00 bits per heavy atom. The second-order valence-electron chi connectivity index (χ2n) is 6.09. The maximum atomic E-state index is 10.3. The fourth-order valence-corrected chi connectivity index (χ4v) is 2.52. The fraction of sp³-hybridized carbons (Fsp3) is 0.500. The zero-order chi connectivity index (χ0) is 15.8. The molecule has 0 unspecified atom stereocenters. The molecule has 5 nitrogen and oxygen atoms in total. The van der Waals surface area contributed by atoms with Gasteiger partial charge in [0.05, 0.1) is 16.9 Å². The van der Waals surface area contributed by atoms with Crippen LogP contribution in [-0.2, 0) is 4.65 Å². The summed E-state index contributed by atoms with van der Waals surface area (Å²) in [6.45, 7) is 8.75. The molecular formula is C14H21BN2O3S. The molecule has 0 aliphatic heterocycles. The molecule has 0 saturated heterocycles. The van der Waals surface area contributed by atoms with Gasteiger partial charge in [0.25, 0.3) is 0 Å². The summed E-state index contributed by atoms with van der Waals surface area (Å²) in [6, 6.07) is 1.87. The Kier molecular flexibility index (Phi) is 4.30. The Hall–Kier alpha value is -1.15. The second-order valence-corrected chi connectivity index (χ2v) is 7.03. The van der Waals surface area contributed by atoms with Crippen LogP contribution in [0.25, 0.3) is 5.69 Å². The minimum absolute atomic E-state index is 0.690. The van der Waals surface area contributed by atoms with Gasteiger partial charge in [0, 0.05) is 22.6 Å². The highest BCUT2D eigenvalue weighted by Crippen LogP contribution is 2.26. The van der Waals surface area contributed by atoms with Gasteiger partial charge in [-0.3, -0.25) is 0 Å². The third kappa shape index (κ3) is 3.37. The van der Waals surface area contributed by atoms with Crippen molar-refractivity contribution in [1.29, 1.82) is 0 Å². The summed E-state index contributed by atoms with van der Waals surface area (Å²) in [5.41, 5.74) is -0.995. The van der Waals surface area contributed by atoms with Crippen LogP contribution in [0.5, 0.6) is 0 Å². The van der Waals surface area contributed by atoms with E-state index < -0.39 is 18.3 Å². The standard InChI is InChI=1S/C14H21BN2O3S/c1-10-16-6-7-17(10)11-8-12(21-9-11)15(19)20-14(4,5)13(2,3)18/h6-9,18-19H,1-5H3. The maximum absolute atomic E-state index is 10.3. The number of hydrogen-bond donors (Lipinski definition) is 2. The summed E-state index contributed by atoms with van der Waals surface area (Å²) in [5, 5.41) is 22.3. The van der Waals surface area contributed by atoms with Crippen LogP contribution in [0.1, 0.15) is 33.5 Å². The third-order valence-electron chi connectivity index (χ3n) is 3.83. The van der Waals surface area contributed by atoms with Gasteiger partial charge in [-0.2, -0.15) is 11.3 Å². The number of hydrogen-bond acceptors (Lipinski definition) is 5. The summed E-state index contributed by atoms with van der Waals surface area (Å²) in [6.07, 6.45) is 3.60. The van der Waals surface area contributed by atoms with Crippen molar-refractivity contribution < 1.29 is 14.8 Å². The van der Waals surface area contributed by atoms with Crippen molar-refractivity contribution in [1.82, 2.24) is 9.55 Å². The average molecular weight is 308 g/mol. The summed E-state index contributed by atoms with van der Waals surface area (Å²) < 4.78 is 8.27.